The standard InChI is InChI=1S/C22H27N5/c1-16-6-5-13-27(15-16)17(2)14-24-22-19-7-3-4-8-20(19)25-21(26-22)18-9-11-23-12-10-18/h3-4,7-12,16-17H,5-6,13-15H2,1-2H3,(H,24,25,26). The lowest BCUT2D eigenvalue weighted by molar-refractivity contribution is 0.144. The normalized spacial score (nSPS) is 19.1. The molecule has 5 nitrogen and oxygen atoms in total. The molecule has 27 heavy (non-hydrogen) atoms. The van der Waals surface area contributed by atoms with E-state index in [0.717, 1.165) is 40.6 Å². The topological polar surface area (TPSA) is 53.9 Å². The zero-order valence-corrected chi connectivity index (χ0v) is 16.1. The summed E-state index contributed by atoms with van der Waals surface area (Å²) in [6.07, 6.45) is 6.21. The highest BCUT2D eigenvalue weighted by Gasteiger charge is 2.21. The largest absolute Gasteiger partial charge is 0.368 e. The number of aromatic nitrogens is 3. The van der Waals surface area contributed by atoms with Crippen LogP contribution in [0.3, 0.4) is 0 Å². The fourth-order valence-electron chi connectivity index (χ4n) is 3.84. The Morgan fingerprint density at radius 1 is 1.15 bits per heavy atom. The van der Waals surface area contributed by atoms with Gasteiger partial charge < -0.3 is 5.32 Å². The van der Waals surface area contributed by atoms with Gasteiger partial charge in [-0.05, 0) is 56.5 Å². The summed E-state index contributed by atoms with van der Waals surface area (Å²) in [5.74, 6) is 2.43. The van der Waals surface area contributed by atoms with Crippen LogP contribution in [0, 0.1) is 5.92 Å². The zero-order chi connectivity index (χ0) is 18.6. The van der Waals surface area contributed by atoms with E-state index < -0.39 is 0 Å². The summed E-state index contributed by atoms with van der Waals surface area (Å²) in [5.41, 5.74) is 1.94. The van der Waals surface area contributed by atoms with Crippen LogP contribution in [-0.4, -0.2) is 45.5 Å². The summed E-state index contributed by atoms with van der Waals surface area (Å²) in [7, 11) is 0. The molecule has 4 rings (SSSR count). The molecule has 1 aliphatic rings. The van der Waals surface area contributed by atoms with Gasteiger partial charge in [-0.1, -0.05) is 19.1 Å². The van der Waals surface area contributed by atoms with Gasteiger partial charge in [-0.3, -0.25) is 9.88 Å². The number of anilines is 1. The van der Waals surface area contributed by atoms with Gasteiger partial charge in [0, 0.05) is 42.5 Å². The van der Waals surface area contributed by atoms with Crippen molar-refractivity contribution in [1.82, 2.24) is 19.9 Å². The van der Waals surface area contributed by atoms with E-state index in [4.69, 9.17) is 9.97 Å². The summed E-state index contributed by atoms with van der Waals surface area (Å²) in [6.45, 7) is 7.92. The lowest BCUT2D eigenvalue weighted by Crippen LogP contribution is -2.43. The molecule has 1 fully saturated rings. The van der Waals surface area contributed by atoms with Crippen LogP contribution in [0.4, 0.5) is 5.82 Å². The Hall–Kier alpha value is -2.53. The molecule has 0 radical (unpaired) electrons. The fraction of sp³-hybridized carbons (Fsp3) is 0.409. The minimum absolute atomic E-state index is 0.478. The first kappa shape index (κ1) is 17.9. The van der Waals surface area contributed by atoms with Crippen molar-refractivity contribution in [2.24, 2.45) is 5.92 Å². The predicted octanol–water partition coefficient (Wildman–Crippen LogP) is 4.22. The number of likely N-dealkylation sites (tertiary alicyclic amines) is 1. The molecule has 2 atom stereocenters. The van der Waals surface area contributed by atoms with Gasteiger partial charge >= 0.3 is 0 Å². The SMILES string of the molecule is CC1CCCN(C(C)CNc2nc(-c3ccncc3)nc3ccccc23)C1. The first-order chi connectivity index (χ1) is 13.2. The van der Waals surface area contributed by atoms with Crippen LogP contribution in [0.5, 0.6) is 0 Å². The highest BCUT2D eigenvalue weighted by molar-refractivity contribution is 5.90. The van der Waals surface area contributed by atoms with Crippen LogP contribution in [0.25, 0.3) is 22.3 Å². The Balaban J connectivity index is 1.58. The number of fused-ring (bicyclic) bond motifs is 1. The lowest BCUT2D eigenvalue weighted by Gasteiger charge is -2.35. The smallest absolute Gasteiger partial charge is 0.162 e. The Morgan fingerprint density at radius 2 is 1.96 bits per heavy atom. The van der Waals surface area contributed by atoms with Gasteiger partial charge in [0.15, 0.2) is 5.82 Å². The van der Waals surface area contributed by atoms with Crippen molar-refractivity contribution in [3.05, 3.63) is 48.8 Å². The van der Waals surface area contributed by atoms with E-state index in [9.17, 15) is 0 Å². The molecule has 2 unspecified atom stereocenters. The molecule has 0 amide bonds. The number of benzene rings is 1. The van der Waals surface area contributed by atoms with Crippen molar-refractivity contribution in [1.29, 1.82) is 0 Å². The molecule has 1 aliphatic heterocycles. The molecule has 140 valence electrons. The average Bonchev–Trinajstić information content (AvgIpc) is 2.72. The highest BCUT2D eigenvalue weighted by Crippen LogP contribution is 2.25. The van der Waals surface area contributed by atoms with Crippen LogP contribution in [0.2, 0.25) is 0 Å². The molecule has 5 heteroatoms. The van der Waals surface area contributed by atoms with Gasteiger partial charge in [-0.25, -0.2) is 9.97 Å². The van der Waals surface area contributed by atoms with E-state index in [1.165, 1.54) is 25.9 Å². The number of hydrogen-bond acceptors (Lipinski definition) is 5. The Labute approximate surface area is 160 Å². The zero-order valence-electron chi connectivity index (χ0n) is 16.1. The molecule has 1 N–H and O–H groups in total. The molecule has 3 aromatic rings. The summed E-state index contributed by atoms with van der Waals surface area (Å²) >= 11 is 0. The molecule has 0 bridgehead atoms. The Kier molecular flexibility index (Phi) is 5.30. The van der Waals surface area contributed by atoms with Crippen molar-refractivity contribution < 1.29 is 0 Å². The Morgan fingerprint density at radius 3 is 2.78 bits per heavy atom. The van der Waals surface area contributed by atoms with Crippen LogP contribution in [0.15, 0.2) is 48.8 Å². The van der Waals surface area contributed by atoms with Gasteiger partial charge in [0.25, 0.3) is 0 Å². The fourth-order valence-corrected chi connectivity index (χ4v) is 3.84. The monoisotopic (exact) mass is 361 g/mol. The molecule has 0 aliphatic carbocycles. The minimum atomic E-state index is 0.478. The summed E-state index contributed by atoms with van der Waals surface area (Å²) in [4.78, 5) is 16.3. The summed E-state index contributed by atoms with van der Waals surface area (Å²) < 4.78 is 0. The third-order valence-corrected chi connectivity index (χ3v) is 5.42. The lowest BCUT2D eigenvalue weighted by atomic mass is 9.99. The first-order valence-corrected chi connectivity index (χ1v) is 9.86. The quantitative estimate of drug-likeness (QED) is 0.737. The summed E-state index contributed by atoms with van der Waals surface area (Å²) in [6, 6.07) is 12.6. The second kappa shape index (κ2) is 8.01. The number of para-hydroxylation sites is 1. The average molecular weight is 361 g/mol. The summed E-state index contributed by atoms with van der Waals surface area (Å²) in [5, 5.41) is 4.67. The third-order valence-electron chi connectivity index (χ3n) is 5.42. The van der Waals surface area contributed by atoms with Crippen LogP contribution in [0.1, 0.15) is 26.7 Å². The second-order valence-electron chi connectivity index (χ2n) is 7.62. The molecular weight excluding hydrogens is 334 g/mol. The van der Waals surface area contributed by atoms with Crippen molar-refractivity contribution >= 4 is 16.7 Å². The van der Waals surface area contributed by atoms with Crippen molar-refractivity contribution in [2.45, 2.75) is 32.7 Å². The van der Waals surface area contributed by atoms with Crippen LogP contribution in [-0.2, 0) is 0 Å². The van der Waals surface area contributed by atoms with Crippen LogP contribution >= 0.6 is 0 Å². The second-order valence-corrected chi connectivity index (χ2v) is 7.62. The number of piperidine rings is 1. The molecule has 0 spiro atoms. The van der Waals surface area contributed by atoms with E-state index in [-0.39, 0.29) is 0 Å². The predicted molar refractivity (Wildman–Crippen MR) is 111 cm³/mol. The van der Waals surface area contributed by atoms with Crippen molar-refractivity contribution in [3.63, 3.8) is 0 Å². The molecule has 1 aromatic carbocycles. The minimum Gasteiger partial charge on any atom is -0.368 e. The molecule has 2 aromatic heterocycles. The maximum atomic E-state index is 4.83. The highest BCUT2D eigenvalue weighted by atomic mass is 15.2. The Bertz CT molecular complexity index is 896. The maximum absolute atomic E-state index is 4.83. The molecular formula is C22H27N5. The number of nitrogens with one attached hydrogen (secondary N) is 1. The van der Waals surface area contributed by atoms with E-state index in [1.54, 1.807) is 12.4 Å². The van der Waals surface area contributed by atoms with E-state index in [1.807, 2.05) is 30.3 Å². The van der Waals surface area contributed by atoms with Gasteiger partial charge in [0.05, 0.1) is 5.52 Å². The maximum Gasteiger partial charge on any atom is 0.162 e. The number of rotatable bonds is 5. The van der Waals surface area contributed by atoms with E-state index in [0.29, 0.717) is 6.04 Å². The number of hydrogen-bond donors (Lipinski definition) is 1. The van der Waals surface area contributed by atoms with E-state index >= 15 is 0 Å². The van der Waals surface area contributed by atoms with Crippen LogP contribution < -0.4 is 5.32 Å². The third kappa shape index (κ3) is 4.08. The van der Waals surface area contributed by atoms with Crippen molar-refractivity contribution in [2.75, 3.05) is 25.0 Å². The molecule has 0 saturated carbocycles. The van der Waals surface area contributed by atoms with Gasteiger partial charge in [0.1, 0.15) is 5.82 Å². The number of pyridine rings is 1. The van der Waals surface area contributed by atoms with Gasteiger partial charge in [-0.2, -0.15) is 0 Å². The van der Waals surface area contributed by atoms with Crippen molar-refractivity contribution in [3.8, 4) is 11.4 Å². The van der Waals surface area contributed by atoms with Gasteiger partial charge in [-0.15, -0.1) is 0 Å². The van der Waals surface area contributed by atoms with E-state index in [2.05, 4.69) is 35.1 Å². The van der Waals surface area contributed by atoms with Gasteiger partial charge in [0.2, 0.25) is 0 Å². The molecule has 1 saturated heterocycles. The first-order valence-electron chi connectivity index (χ1n) is 9.86. The number of nitrogens with zero attached hydrogens (tertiary/aromatic N) is 4. The molecule has 3 heterocycles.